The highest BCUT2D eigenvalue weighted by molar-refractivity contribution is 5.88. The summed E-state index contributed by atoms with van der Waals surface area (Å²) in [5, 5.41) is 0. The molecule has 5 rings (SSSR count). The first-order valence-corrected chi connectivity index (χ1v) is 10.4. The minimum absolute atomic E-state index is 0.351. The summed E-state index contributed by atoms with van der Waals surface area (Å²) in [5.41, 5.74) is 3.78. The minimum Gasteiger partial charge on any atom is -0.367 e. The highest BCUT2D eigenvalue weighted by atomic mass is 19.1. The lowest BCUT2D eigenvalue weighted by Crippen LogP contribution is -2.44. The van der Waals surface area contributed by atoms with Crippen molar-refractivity contribution < 1.29 is 13.2 Å². The summed E-state index contributed by atoms with van der Waals surface area (Å²) in [6.45, 7) is 3.16. The summed E-state index contributed by atoms with van der Waals surface area (Å²) in [5.74, 6) is -1.07. The molecule has 1 fully saturated rings. The highest BCUT2D eigenvalue weighted by Crippen LogP contribution is 2.33. The van der Waals surface area contributed by atoms with Crippen LogP contribution in [0.2, 0.25) is 0 Å². The first-order valence-electron chi connectivity index (χ1n) is 10.4. The predicted molar refractivity (Wildman–Crippen MR) is 120 cm³/mol. The van der Waals surface area contributed by atoms with E-state index in [2.05, 4.69) is 9.88 Å². The number of likely N-dealkylation sites (N-methyl/N-ethyl adjacent to an activating group) is 1. The minimum atomic E-state index is -0.367. The number of piperazine rings is 1. The Bertz CT molecular complexity index is 1270. The molecule has 1 aromatic heterocycles. The largest absolute Gasteiger partial charge is 0.367 e. The molecule has 0 amide bonds. The smallest absolute Gasteiger partial charge is 0.148 e. The van der Waals surface area contributed by atoms with E-state index in [1.165, 1.54) is 30.3 Å². The van der Waals surface area contributed by atoms with Crippen LogP contribution in [0.3, 0.4) is 0 Å². The molecule has 162 valence electrons. The molecule has 32 heavy (non-hydrogen) atoms. The molecule has 1 saturated heterocycles. The third-order valence-corrected chi connectivity index (χ3v) is 5.81. The maximum atomic E-state index is 15.0. The number of benzene rings is 3. The summed E-state index contributed by atoms with van der Waals surface area (Å²) in [4.78, 5) is 13.7. The first-order chi connectivity index (χ1) is 15.5. The molecule has 0 aliphatic carbocycles. The quantitative estimate of drug-likeness (QED) is 0.447. The molecule has 1 aliphatic heterocycles. The van der Waals surface area contributed by atoms with Crippen LogP contribution in [0.4, 0.5) is 18.9 Å². The normalized spacial score (nSPS) is 14.8. The SMILES string of the molecule is CN1CCN(c2cc3nc(-c4ccc(F)cc4)c(-c4ccc(F)cc4)nc3cc2F)CC1. The van der Waals surface area contributed by atoms with Crippen LogP contribution in [0.15, 0.2) is 60.7 Å². The Balaban J connectivity index is 1.68. The van der Waals surface area contributed by atoms with Crippen LogP contribution in [0.1, 0.15) is 0 Å². The van der Waals surface area contributed by atoms with Gasteiger partial charge >= 0.3 is 0 Å². The molecule has 7 heteroatoms. The second-order valence-electron chi connectivity index (χ2n) is 8.02. The van der Waals surface area contributed by atoms with Crippen LogP contribution in [-0.4, -0.2) is 48.1 Å². The van der Waals surface area contributed by atoms with E-state index in [4.69, 9.17) is 4.98 Å². The van der Waals surface area contributed by atoms with Crippen molar-refractivity contribution in [2.24, 2.45) is 0 Å². The Labute approximate surface area is 184 Å². The van der Waals surface area contributed by atoms with Gasteiger partial charge in [-0.05, 0) is 61.6 Å². The van der Waals surface area contributed by atoms with Crippen molar-refractivity contribution in [3.05, 3.63) is 78.1 Å². The summed E-state index contributed by atoms with van der Waals surface area (Å²) in [7, 11) is 2.05. The van der Waals surface area contributed by atoms with Crippen molar-refractivity contribution in [2.75, 3.05) is 38.1 Å². The topological polar surface area (TPSA) is 32.3 Å². The third-order valence-electron chi connectivity index (χ3n) is 5.81. The van der Waals surface area contributed by atoms with Crippen molar-refractivity contribution in [2.45, 2.75) is 0 Å². The van der Waals surface area contributed by atoms with Gasteiger partial charge in [-0.15, -0.1) is 0 Å². The van der Waals surface area contributed by atoms with Crippen molar-refractivity contribution in [1.29, 1.82) is 0 Å². The van der Waals surface area contributed by atoms with Gasteiger partial charge in [0.05, 0.1) is 28.1 Å². The van der Waals surface area contributed by atoms with Gasteiger partial charge in [-0.2, -0.15) is 0 Å². The Morgan fingerprint density at radius 2 is 1.12 bits per heavy atom. The molecule has 0 atom stereocenters. The van der Waals surface area contributed by atoms with Gasteiger partial charge in [0.1, 0.15) is 17.5 Å². The Morgan fingerprint density at radius 3 is 1.62 bits per heavy atom. The van der Waals surface area contributed by atoms with Gasteiger partial charge in [-0.1, -0.05) is 0 Å². The molecular formula is C25H21F3N4. The van der Waals surface area contributed by atoms with E-state index in [9.17, 15) is 8.78 Å². The first kappa shape index (κ1) is 20.5. The van der Waals surface area contributed by atoms with Gasteiger partial charge in [0.15, 0.2) is 0 Å². The summed E-state index contributed by atoms with van der Waals surface area (Å²) >= 11 is 0. The molecule has 0 unspecified atom stereocenters. The zero-order chi connectivity index (χ0) is 22.2. The van der Waals surface area contributed by atoms with Crippen LogP contribution in [0, 0.1) is 17.5 Å². The molecule has 1 aliphatic rings. The van der Waals surface area contributed by atoms with Gasteiger partial charge < -0.3 is 9.80 Å². The molecule has 0 bridgehead atoms. The van der Waals surface area contributed by atoms with Gasteiger partial charge in [-0.25, -0.2) is 23.1 Å². The molecule has 0 saturated carbocycles. The standard InChI is InChI=1S/C25H21F3N4/c1-31-10-12-32(13-11-31)23-15-22-21(14-20(23)28)29-24(16-2-6-18(26)7-3-16)25(30-22)17-4-8-19(27)9-5-17/h2-9,14-15H,10-13H2,1H3. The number of rotatable bonds is 3. The zero-order valence-electron chi connectivity index (χ0n) is 17.5. The highest BCUT2D eigenvalue weighted by Gasteiger charge is 2.20. The van der Waals surface area contributed by atoms with E-state index >= 15 is 4.39 Å². The Morgan fingerprint density at radius 1 is 0.656 bits per heavy atom. The van der Waals surface area contributed by atoms with Gasteiger partial charge in [0, 0.05) is 43.4 Å². The van der Waals surface area contributed by atoms with E-state index in [0.717, 1.165) is 26.2 Å². The second kappa shape index (κ2) is 8.24. The van der Waals surface area contributed by atoms with Crippen LogP contribution in [0.5, 0.6) is 0 Å². The fraction of sp³-hybridized carbons (Fsp3) is 0.200. The van der Waals surface area contributed by atoms with Crippen LogP contribution in [0.25, 0.3) is 33.5 Å². The van der Waals surface area contributed by atoms with Crippen molar-refractivity contribution in [3.8, 4) is 22.5 Å². The summed E-state index contributed by atoms with van der Waals surface area (Å²) in [6, 6.07) is 15.0. The van der Waals surface area contributed by atoms with Gasteiger partial charge in [0.2, 0.25) is 0 Å². The molecule has 3 aromatic carbocycles. The lowest BCUT2D eigenvalue weighted by molar-refractivity contribution is 0.312. The number of fused-ring (bicyclic) bond motifs is 1. The van der Waals surface area contributed by atoms with Gasteiger partial charge in [-0.3, -0.25) is 0 Å². The van der Waals surface area contributed by atoms with Crippen molar-refractivity contribution in [3.63, 3.8) is 0 Å². The van der Waals surface area contributed by atoms with Crippen LogP contribution in [-0.2, 0) is 0 Å². The zero-order valence-corrected chi connectivity index (χ0v) is 17.5. The fourth-order valence-electron chi connectivity index (χ4n) is 3.97. The molecular weight excluding hydrogens is 413 g/mol. The van der Waals surface area contributed by atoms with Crippen molar-refractivity contribution in [1.82, 2.24) is 14.9 Å². The van der Waals surface area contributed by atoms with Crippen LogP contribution < -0.4 is 4.90 Å². The summed E-state index contributed by atoms with van der Waals surface area (Å²) < 4.78 is 42.1. The number of halogens is 3. The van der Waals surface area contributed by atoms with E-state index < -0.39 is 0 Å². The second-order valence-corrected chi connectivity index (χ2v) is 8.02. The van der Waals surface area contributed by atoms with Crippen LogP contribution >= 0.6 is 0 Å². The molecule has 2 heterocycles. The molecule has 0 spiro atoms. The van der Waals surface area contributed by atoms with E-state index in [0.29, 0.717) is 39.2 Å². The number of hydrogen-bond donors (Lipinski definition) is 0. The predicted octanol–water partition coefficient (Wildman–Crippen LogP) is 5.13. The number of aromatic nitrogens is 2. The monoisotopic (exact) mass is 434 g/mol. The summed E-state index contributed by atoms with van der Waals surface area (Å²) in [6.07, 6.45) is 0. The lowest BCUT2D eigenvalue weighted by Gasteiger charge is -2.34. The van der Waals surface area contributed by atoms with E-state index in [-0.39, 0.29) is 17.5 Å². The number of hydrogen-bond acceptors (Lipinski definition) is 4. The molecule has 0 radical (unpaired) electrons. The average Bonchev–Trinajstić information content (AvgIpc) is 2.80. The molecule has 0 N–H and O–H groups in total. The number of anilines is 1. The molecule has 4 nitrogen and oxygen atoms in total. The maximum Gasteiger partial charge on any atom is 0.148 e. The lowest BCUT2D eigenvalue weighted by atomic mass is 10.0. The Kier molecular flexibility index (Phi) is 5.27. The number of nitrogens with zero attached hydrogens (tertiary/aromatic N) is 4. The van der Waals surface area contributed by atoms with E-state index in [1.807, 2.05) is 11.9 Å². The fourth-order valence-corrected chi connectivity index (χ4v) is 3.97. The van der Waals surface area contributed by atoms with E-state index in [1.54, 1.807) is 30.3 Å². The average molecular weight is 434 g/mol. The van der Waals surface area contributed by atoms with Gasteiger partial charge in [0.25, 0.3) is 0 Å². The Hall–Kier alpha value is -3.45. The molecule has 4 aromatic rings. The maximum absolute atomic E-state index is 15.0. The van der Waals surface area contributed by atoms with Crippen molar-refractivity contribution >= 4 is 16.7 Å². The third kappa shape index (κ3) is 3.91.